The number of nitrogen functional groups attached to an aromatic ring is 1. The molecule has 0 spiro atoms. The Balaban J connectivity index is 1.62. The highest BCUT2D eigenvalue weighted by molar-refractivity contribution is 7.96. The summed E-state index contributed by atoms with van der Waals surface area (Å²) >= 11 is 1.99. The number of nitrogens with zero attached hydrogens (tertiary/aromatic N) is 3. The Kier molecular flexibility index (Phi) is 9.65. The van der Waals surface area contributed by atoms with Crippen molar-refractivity contribution in [2.45, 2.75) is 45.4 Å². The summed E-state index contributed by atoms with van der Waals surface area (Å²) in [6.45, 7) is 8.02. The van der Waals surface area contributed by atoms with Gasteiger partial charge in [-0.2, -0.15) is 0 Å². The summed E-state index contributed by atoms with van der Waals surface area (Å²) < 4.78 is 2.41. The van der Waals surface area contributed by atoms with Gasteiger partial charge in [0.25, 0.3) is 0 Å². The van der Waals surface area contributed by atoms with E-state index in [1.165, 1.54) is 68.6 Å². The zero-order chi connectivity index (χ0) is 18.8. The van der Waals surface area contributed by atoms with Crippen molar-refractivity contribution in [3.8, 4) is 0 Å². The molecule has 0 aromatic heterocycles. The van der Waals surface area contributed by atoms with Gasteiger partial charge in [-0.25, -0.2) is 0 Å². The fourth-order valence-electron chi connectivity index (χ4n) is 3.51. The van der Waals surface area contributed by atoms with E-state index in [9.17, 15) is 0 Å². The SMILES string of the molecule is CCCCCN(C)SCCCN(C)CCN1CCCc2ccc(N)cc21. The van der Waals surface area contributed by atoms with E-state index in [0.717, 1.165) is 25.3 Å². The number of hydrogen-bond donors (Lipinski definition) is 1. The van der Waals surface area contributed by atoms with Gasteiger partial charge in [0.05, 0.1) is 0 Å². The van der Waals surface area contributed by atoms with Crippen LogP contribution in [0.2, 0.25) is 0 Å². The third-order valence-electron chi connectivity index (χ3n) is 5.15. The molecule has 4 nitrogen and oxygen atoms in total. The Morgan fingerprint density at radius 2 is 1.96 bits per heavy atom. The molecular formula is C21H38N4S. The first-order valence-electron chi connectivity index (χ1n) is 10.3. The predicted octanol–water partition coefficient (Wildman–Crippen LogP) is 4.11. The van der Waals surface area contributed by atoms with Gasteiger partial charge in [-0.15, -0.1) is 0 Å². The quantitative estimate of drug-likeness (QED) is 0.336. The van der Waals surface area contributed by atoms with Crippen LogP contribution in [-0.2, 0) is 6.42 Å². The molecule has 1 aliphatic heterocycles. The standard InChI is InChI=1S/C21H38N4S/c1-4-5-6-13-24(3)26-17-8-12-23(2)15-16-25-14-7-9-19-10-11-20(22)18-21(19)25/h10-11,18H,4-9,12-17,22H2,1-3H3. The van der Waals surface area contributed by atoms with Crippen LogP contribution in [0.15, 0.2) is 18.2 Å². The molecule has 0 atom stereocenters. The second-order valence-electron chi connectivity index (χ2n) is 7.53. The van der Waals surface area contributed by atoms with E-state index < -0.39 is 0 Å². The van der Waals surface area contributed by atoms with Crippen LogP contribution in [0.5, 0.6) is 0 Å². The highest BCUT2D eigenvalue weighted by Crippen LogP contribution is 2.28. The lowest BCUT2D eigenvalue weighted by molar-refractivity contribution is 0.340. The minimum absolute atomic E-state index is 0.879. The summed E-state index contributed by atoms with van der Waals surface area (Å²) in [6, 6.07) is 6.39. The molecule has 0 radical (unpaired) electrons. The maximum Gasteiger partial charge on any atom is 0.0419 e. The van der Waals surface area contributed by atoms with Crippen LogP contribution >= 0.6 is 11.9 Å². The summed E-state index contributed by atoms with van der Waals surface area (Å²) in [7, 11) is 4.48. The second kappa shape index (κ2) is 11.7. The number of rotatable bonds is 12. The normalized spacial score (nSPS) is 14.3. The largest absolute Gasteiger partial charge is 0.399 e. The zero-order valence-corrected chi connectivity index (χ0v) is 17.9. The van der Waals surface area contributed by atoms with Crippen molar-refractivity contribution >= 4 is 23.3 Å². The van der Waals surface area contributed by atoms with Gasteiger partial charge in [0.1, 0.15) is 0 Å². The van der Waals surface area contributed by atoms with Crippen LogP contribution in [0.3, 0.4) is 0 Å². The first-order valence-corrected chi connectivity index (χ1v) is 11.2. The summed E-state index contributed by atoms with van der Waals surface area (Å²) in [5, 5.41) is 0. The smallest absolute Gasteiger partial charge is 0.0419 e. The van der Waals surface area contributed by atoms with Crippen LogP contribution in [0, 0.1) is 0 Å². The van der Waals surface area contributed by atoms with Crippen molar-refractivity contribution in [3.05, 3.63) is 23.8 Å². The number of fused-ring (bicyclic) bond motifs is 1. The number of benzene rings is 1. The van der Waals surface area contributed by atoms with Crippen molar-refractivity contribution in [1.29, 1.82) is 0 Å². The number of anilines is 2. The van der Waals surface area contributed by atoms with Gasteiger partial charge in [0.2, 0.25) is 0 Å². The molecule has 5 heteroatoms. The lowest BCUT2D eigenvalue weighted by Gasteiger charge is -2.33. The Morgan fingerprint density at radius 3 is 2.77 bits per heavy atom. The van der Waals surface area contributed by atoms with Gasteiger partial charge in [-0.3, -0.25) is 4.31 Å². The molecule has 0 saturated carbocycles. The fraction of sp³-hybridized carbons (Fsp3) is 0.714. The molecule has 0 fully saturated rings. The number of aryl methyl sites for hydroxylation is 1. The van der Waals surface area contributed by atoms with Crippen molar-refractivity contribution in [2.24, 2.45) is 0 Å². The number of nitrogens with two attached hydrogens (primary N) is 1. The first kappa shape index (κ1) is 21.4. The number of unbranched alkanes of at least 4 members (excludes halogenated alkanes) is 2. The fourth-order valence-corrected chi connectivity index (χ4v) is 4.33. The molecule has 1 aromatic rings. The van der Waals surface area contributed by atoms with Crippen molar-refractivity contribution in [2.75, 3.05) is 63.2 Å². The molecule has 148 valence electrons. The second-order valence-corrected chi connectivity index (χ2v) is 8.82. The minimum Gasteiger partial charge on any atom is -0.399 e. The van der Waals surface area contributed by atoms with Gasteiger partial charge in [-0.1, -0.05) is 37.8 Å². The van der Waals surface area contributed by atoms with E-state index in [1.807, 2.05) is 18.0 Å². The Labute approximate surface area is 165 Å². The summed E-state index contributed by atoms with van der Waals surface area (Å²) in [5.41, 5.74) is 9.69. The molecule has 1 aromatic carbocycles. The van der Waals surface area contributed by atoms with Crippen LogP contribution in [0.1, 0.15) is 44.6 Å². The van der Waals surface area contributed by atoms with E-state index in [-0.39, 0.29) is 0 Å². The van der Waals surface area contributed by atoms with E-state index in [2.05, 4.69) is 47.3 Å². The van der Waals surface area contributed by atoms with E-state index in [0.29, 0.717) is 0 Å². The van der Waals surface area contributed by atoms with Crippen molar-refractivity contribution < 1.29 is 0 Å². The highest BCUT2D eigenvalue weighted by Gasteiger charge is 2.17. The van der Waals surface area contributed by atoms with Gasteiger partial charge >= 0.3 is 0 Å². The Bertz CT molecular complexity index is 523. The summed E-state index contributed by atoms with van der Waals surface area (Å²) in [4.78, 5) is 4.99. The monoisotopic (exact) mass is 378 g/mol. The first-order chi connectivity index (χ1) is 12.6. The summed E-state index contributed by atoms with van der Waals surface area (Å²) in [5.74, 6) is 1.22. The van der Waals surface area contributed by atoms with Crippen molar-refractivity contribution in [1.82, 2.24) is 9.21 Å². The lowest BCUT2D eigenvalue weighted by Crippen LogP contribution is -2.37. The average Bonchev–Trinajstić information content (AvgIpc) is 2.63. The van der Waals surface area contributed by atoms with Crippen LogP contribution in [0.4, 0.5) is 11.4 Å². The molecular weight excluding hydrogens is 340 g/mol. The maximum atomic E-state index is 6.00. The van der Waals surface area contributed by atoms with Crippen LogP contribution in [-0.4, -0.2) is 61.8 Å². The molecule has 1 heterocycles. The highest BCUT2D eigenvalue weighted by atomic mass is 32.2. The van der Waals surface area contributed by atoms with Gasteiger partial charge in [0.15, 0.2) is 0 Å². The maximum absolute atomic E-state index is 6.00. The average molecular weight is 379 g/mol. The van der Waals surface area contributed by atoms with Gasteiger partial charge in [-0.05, 0) is 64.0 Å². The summed E-state index contributed by atoms with van der Waals surface area (Å²) in [6.07, 6.45) is 7.66. The molecule has 1 aliphatic rings. The molecule has 0 aliphatic carbocycles. The van der Waals surface area contributed by atoms with Crippen molar-refractivity contribution in [3.63, 3.8) is 0 Å². The third-order valence-corrected chi connectivity index (χ3v) is 6.24. The van der Waals surface area contributed by atoms with Gasteiger partial charge in [0, 0.05) is 43.3 Å². The molecule has 0 unspecified atom stereocenters. The van der Waals surface area contributed by atoms with E-state index in [1.54, 1.807) is 0 Å². The zero-order valence-electron chi connectivity index (χ0n) is 17.0. The Morgan fingerprint density at radius 1 is 1.12 bits per heavy atom. The van der Waals surface area contributed by atoms with E-state index >= 15 is 0 Å². The van der Waals surface area contributed by atoms with Crippen LogP contribution in [0.25, 0.3) is 0 Å². The van der Waals surface area contributed by atoms with Crippen LogP contribution < -0.4 is 10.6 Å². The topological polar surface area (TPSA) is 35.7 Å². The molecule has 0 amide bonds. The molecule has 0 bridgehead atoms. The molecule has 2 N–H and O–H groups in total. The molecule has 0 saturated heterocycles. The van der Waals surface area contributed by atoms with E-state index in [4.69, 9.17) is 5.73 Å². The number of hydrogen-bond acceptors (Lipinski definition) is 5. The third kappa shape index (κ3) is 7.37. The predicted molar refractivity (Wildman–Crippen MR) is 118 cm³/mol. The Hall–Kier alpha value is -0.910. The molecule has 2 rings (SSSR count). The number of likely N-dealkylation sites (N-methyl/N-ethyl adjacent to an activating group) is 1. The minimum atomic E-state index is 0.879. The lowest BCUT2D eigenvalue weighted by atomic mass is 10.0. The van der Waals surface area contributed by atoms with Gasteiger partial charge < -0.3 is 15.5 Å². The molecule has 26 heavy (non-hydrogen) atoms.